The number of ether oxygens (including phenoxy) is 1. The van der Waals surface area contributed by atoms with Crippen LogP contribution in [0.1, 0.15) is 32.3 Å². The molecule has 0 spiro atoms. The summed E-state index contributed by atoms with van der Waals surface area (Å²) >= 11 is 0. The fourth-order valence-electron chi connectivity index (χ4n) is 3.17. The van der Waals surface area contributed by atoms with Crippen LogP contribution < -0.4 is 4.74 Å². The van der Waals surface area contributed by atoms with Crippen molar-refractivity contribution < 1.29 is 19.2 Å². The summed E-state index contributed by atoms with van der Waals surface area (Å²) in [6, 6.07) is 3.52. The van der Waals surface area contributed by atoms with Gasteiger partial charge in [0.15, 0.2) is 0 Å². The van der Waals surface area contributed by atoms with Gasteiger partial charge < -0.3 is 9.64 Å². The Morgan fingerprint density at radius 3 is 2.75 bits per heavy atom. The van der Waals surface area contributed by atoms with Crippen molar-refractivity contribution in [3.05, 3.63) is 33.9 Å². The van der Waals surface area contributed by atoms with E-state index in [9.17, 15) is 19.7 Å². The number of amides is 3. The summed E-state index contributed by atoms with van der Waals surface area (Å²) < 4.78 is 5.67. The molecule has 2 aliphatic heterocycles. The van der Waals surface area contributed by atoms with E-state index in [1.807, 2.05) is 13.8 Å². The second-order valence-corrected chi connectivity index (χ2v) is 6.27. The second kappa shape index (κ2) is 6.10. The van der Waals surface area contributed by atoms with E-state index in [2.05, 4.69) is 0 Å². The average Bonchev–Trinajstić information content (AvgIpc) is 3.08. The van der Waals surface area contributed by atoms with E-state index in [4.69, 9.17) is 4.74 Å². The standard InChI is InChI=1S/C16H19N3O5/c1-10(2)24-14-6-5-12(19(22)23)8-11(14)9-18-15(20)13-4-3-7-17(13)16(18)21/h5-6,8,10,13H,3-4,7,9H2,1-2H3. The Kier molecular flexibility index (Phi) is 4.13. The molecule has 2 heterocycles. The summed E-state index contributed by atoms with van der Waals surface area (Å²) in [5.74, 6) is 0.211. The van der Waals surface area contributed by atoms with Crippen LogP contribution in [-0.2, 0) is 11.3 Å². The minimum atomic E-state index is -0.505. The number of non-ortho nitro benzene ring substituents is 1. The number of hydrogen-bond acceptors (Lipinski definition) is 5. The van der Waals surface area contributed by atoms with Gasteiger partial charge in [0.25, 0.3) is 11.6 Å². The van der Waals surface area contributed by atoms with Crippen molar-refractivity contribution in [2.75, 3.05) is 6.54 Å². The van der Waals surface area contributed by atoms with Crippen molar-refractivity contribution >= 4 is 17.6 Å². The number of nitro groups is 1. The Labute approximate surface area is 139 Å². The van der Waals surface area contributed by atoms with E-state index < -0.39 is 4.92 Å². The van der Waals surface area contributed by atoms with E-state index in [1.165, 1.54) is 18.2 Å². The van der Waals surface area contributed by atoms with Crippen LogP contribution in [-0.4, -0.2) is 45.4 Å². The van der Waals surface area contributed by atoms with Gasteiger partial charge in [-0.2, -0.15) is 0 Å². The number of imide groups is 1. The van der Waals surface area contributed by atoms with Gasteiger partial charge in [0.2, 0.25) is 0 Å². The first-order chi connectivity index (χ1) is 11.4. The van der Waals surface area contributed by atoms with Crippen LogP contribution in [0.4, 0.5) is 10.5 Å². The summed E-state index contributed by atoms with van der Waals surface area (Å²) in [6.45, 7) is 4.24. The molecule has 0 bridgehead atoms. The summed E-state index contributed by atoms with van der Waals surface area (Å²) in [6.07, 6.45) is 1.37. The van der Waals surface area contributed by atoms with Gasteiger partial charge in [-0.05, 0) is 32.8 Å². The molecule has 2 fully saturated rings. The molecule has 2 saturated heterocycles. The Bertz CT molecular complexity index is 681. The highest BCUT2D eigenvalue weighted by molar-refractivity contribution is 6.04. The van der Waals surface area contributed by atoms with Gasteiger partial charge in [0.05, 0.1) is 17.6 Å². The van der Waals surface area contributed by atoms with Crippen molar-refractivity contribution in [3.63, 3.8) is 0 Å². The first-order valence-electron chi connectivity index (χ1n) is 7.94. The molecule has 0 N–H and O–H groups in total. The van der Waals surface area contributed by atoms with Gasteiger partial charge in [0, 0.05) is 24.2 Å². The summed E-state index contributed by atoms with van der Waals surface area (Å²) in [5, 5.41) is 11.0. The molecule has 1 atom stereocenters. The number of fused-ring (bicyclic) bond motifs is 1. The van der Waals surface area contributed by atoms with Crippen molar-refractivity contribution in [2.45, 2.75) is 45.4 Å². The maximum absolute atomic E-state index is 12.4. The lowest BCUT2D eigenvalue weighted by Gasteiger charge is -2.19. The van der Waals surface area contributed by atoms with E-state index >= 15 is 0 Å². The van der Waals surface area contributed by atoms with Crippen LogP contribution in [0.2, 0.25) is 0 Å². The molecule has 8 heteroatoms. The van der Waals surface area contributed by atoms with Gasteiger partial charge in [-0.3, -0.25) is 19.8 Å². The van der Waals surface area contributed by atoms with E-state index in [0.29, 0.717) is 24.3 Å². The predicted molar refractivity (Wildman–Crippen MR) is 84.5 cm³/mol. The molecule has 1 aromatic rings. The lowest BCUT2D eigenvalue weighted by molar-refractivity contribution is -0.385. The van der Waals surface area contributed by atoms with Crippen LogP contribution >= 0.6 is 0 Å². The lowest BCUT2D eigenvalue weighted by atomic mass is 10.1. The smallest absolute Gasteiger partial charge is 0.327 e. The third kappa shape index (κ3) is 2.79. The van der Waals surface area contributed by atoms with Gasteiger partial charge in [0.1, 0.15) is 11.8 Å². The predicted octanol–water partition coefficient (Wildman–Crippen LogP) is 2.31. The number of benzene rings is 1. The number of carbonyl (C=O) groups is 2. The molecular formula is C16H19N3O5. The first-order valence-corrected chi connectivity index (χ1v) is 7.94. The van der Waals surface area contributed by atoms with Crippen molar-refractivity contribution in [2.24, 2.45) is 0 Å². The molecule has 8 nitrogen and oxygen atoms in total. The number of urea groups is 1. The number of hydrogen-bond donors (Lipinski definition) is 0. The maximum atomic E-state index is 12.4. The third-order valence-corrected chi connectivity index (χ3v) is 4.23. The van der Waals surface area contributed by atoms with Gasteiger partial charge >= 0.3 is 6.03 Å². The zero-order valence-corrected chi connectivity index (χ0v) is 13.6. The quantitative estimate of drug-likeness (QED) is 0.468. The normalized spacial score (nSPS) is 20.0. The number of rotatable bonds is 5. The number of nitrogens with zero attached hydrogens (tertiary/aromatic N) is 3. The molecule has 0 saturated carbocycles. The number of nitro benzene ring substituents is 1. The van der Waals surface area contributed by atoms with Gasteiger partial charge in [-0.25, -0.2) is 4.79 Å². The molecule has 128 valence electrons. The number of carbonyl (C=O) groups excluding carboxylic acids is 2. The molecule has 3 amide bonds. The van der Waals surface area contributed by atoms with Crippen LogP contribution in [0.3, 0.4) is 0 Å². The molecule has 1 unspecified atom stereocenters. The van der Waals surface area contributed by atoms with Crippen LogP contribution in [0, 0.1) is 10.1 Å². The molecule has 2 aliphatic rings. The highest BCUT2D eigenvalue weighted by Gasteiger charge is 2.47. The fourth-order valence-corrected chi connectivity index (χ4v) is 3.17. The molecular weight excluding hydrogens is 314 g/mol. The first kappa shape index (κ1) is 16.2. The maximum Gasteiger partial charge on any atom is 0.327 e. The summed E-state index contributed by atoms with van der Waals surface area (Å²) in [5.41, 5.74) is 0.362. The Morgan fingerprint density at radius 2 is 2.12 bits per heavy atom. The van der Waals surface area contributed by atoms with Gasteiger partial charge in [-0.15, -0.1) is 0 Å². The lowest BCUT2D eigenvalue weighted by Crippen LogP contribution is -2.32. The van der Waals surface area contributed by atoms with E-state index in [-0.39, 0.29) is 36.3 Å². The van der Waals surface area contributed by atoms with Gasteiger partial charge in [-0.1, -0.05) is 0 Å². The van der Waals surface area contributed by atoms with Crippen molar-refractivity contribution in [3.8, 4) is 5.75 Å². The monoisotopic (exact) mass is 333 g/mol. The summed E-state index contributed by atoms with van der Waals surface area (Å²) in [7, 11) is 0. The van der Waals surface area contributed by atoms with Crippen molar-refractivity contribution in [1.82, 2.24) is 9.80 Å². The molecule has 0 aromatic heterocycles. The largest absolute Gasteiger partial charge is 0.491 e. The Hall–Kier alpha value is -2.64. The molecule has 3 rings (SSSR count). The average molecular weight is 333 g/mol. The van der Waals surface area contributed by atoms with Crippen molar-refractivity contribution in [1.29, 1.82) is 0 Å². The van der Waals surface area contributed by atoms with E-state index in [0.717, 1.165) is 11.3 Å². The topological polar surface area (TPSA) is 93.0 Å². The second-order valence-electron chi connectivity index (χ2n) is 6.27. The molecule has 1 aromatic carbocycles. The highest BCUT2D eigenvalue weighted by atomic mass is 16.6. The Balaban J connectivity index is 1.90. The zero-order chi connectivity index (χ0) is 17.4. The molecule has 0 radical (unpaired) electrons. The zero-order valence-electron chi connectivity index (χ0n) is 13.6. The molecule has 24 heavy (non-hydrogen) atoms. The Morgan fingerprint density at radius 1 is 1.38 bits per heavy atom. The van der Waals surface area contributed by atoms with E-state index in [1.54, 1.807) is 4.90 Å². The minimum absolute atomic E-state index is 0.0194. The molecule has 0 aliphatic carbocycles. The van der Waals surface area contributed by atoms with Crippen LogP contribution in [0.25, 0.3) is 0 Å². The van der Waals surface area contributed by atoms with Crippen LogP contribution in [0.5, 0.6) is 5.75 Å². The third-order valence-electron chi connectivity index (χ3n) is 4.23. The highest BCUT2D eigenvalue weighted by Crippen LogP contribution is 2.32. The fraction of sp³-hybridized carbons (Fsp3) is 0.500. The SMILES string of the molecule is CC(C)Oc1ccc([N+](=O)[O-])cc1CN1C(=O)C2CCCN2C1=O. The minimum Gasteiger partial charge on any atom is -0.491 e. The van der Waals surface area contributed by atoms with Crippen LogP contribution in [0.15, 0.2) is 18.2 Å². The summed E-state index contributed by atoms with van der Waals surface area (Å²) in [4.78, 5) is 38.1.